The second-order valence-electron chi connectivity index (χ2n) is 5.27. The lowest BCUT2D eigenvalue weighted by Gasteiger charge is -2.07. The summed E-state index contributed by atoms with van der Waals surface area (Å²) in [4.78, 5) is 19.6. The number of hydrogen-bond acceptors (Lipinski definition) is 4. The second kappa shape index (κ2) is 7.28. The van der Waals surface area contributed by atoms with Gasteiger partial charge in [0.2, 0.25) is 0 Å². The Kier molecular flexibility index (Phi) is 4.92. The van der Waals surface area contributed by atoms with Crippen LogP contribution < -0.4 is 5.56 Å². The van der Waals surface area contributed by atoms with Crippen molar-refractivity contribution in [1.82, 2.24) is 20.2 Å². The minimum absolute atomic E-state index is 0.0730. The Hall–Kier alpha value is -2.34. The topological polar surface area (TPSA) is 74.4 Å². The maximum Gasteiger partial charge on any atom is 0.255 e. The summed E-state index contributed by atoms with van der Waals surface area (Å²) in [6.07, 6.45) is 5.71. The van der Waals surface area contributed by atoms with Gasteiger partial charge in [0.1, 0.15) is 0 Å². The molecule has 0 bridgehead atoms. The van der Waals surface area contributed by atoms with E-state index in [9.17, 15) is 4.79 Å². The molecule has 0 spiro atoms. The van der Waals surface area contributed by atoms with Gasteiger partial charge in [0.15, 0.2) is 5.16 Å². The molecule has 3 aromatic rings. The lowest BCUT2D eigenvalue weighted by atomic mass is 10.1. The first kappa shape index (κ1) is 15.6. The van der Waals surface area contributed by atoms with Gasteiger partial charge in [-0.2, -0.15) is 5.10 Å². The predicted molar refractivity (Wildman–Crippen MR) is 92.7 cm³/mol. The Labute approximate surface area is 138 Å². The lowest BCUT2D eigenvalue weighted by Crippen LogP contribution is -2.14. The largest absolute Gasteiger partial charge is 0.301 e. The number of hydrogen-bond donors (Lipinski definition) is 2. The first-order valence-electron chi connectivity index (χ1n) is 7.51. The van der Waals surface area contributed by atoms with E-state index in [4.69, 9.17) is 0 Å². The SMILES string of the molecule is Cc1c(-c2ccccc2)nc(SCCCc2cn[nH]c2)[nH]c1=O. The van der Waals surface area contributed by atoms with Gasteiger partial charge in [0.05, 0.1) is 11.9 Å². The molecule has 0 saturated carbocycles. The number of thioether (sulfide) groups is 1. The molecule has 6 heteroatoms. The van der Waals surface area contributed by atoms with Crippen molar-refractivity contribution in [2.24, 2.45) is 0 Å². The Morgan fingerprint density at radius 1 is 1.22 bits per heavy atom. The molecule has 2 heterocycles. The highest BCUT2D eigenvalue weighted by atomic mass is 32.2. The van der Waals surface area contributed by atoms with Gasteiger partial charge in [-0.15, -0.1) is 0 Å². The molecule has 0 radical (unpaired) electrons. The number of aryl methyl sites for hydroxylation is 1. The zero-order chi connectivity index (χ0) is 16.1. The third-order valence-corrected chi connectivity index (χ3v) is 4.54. The lowest BCUT2D eigenvalue weighted by molar-refractivity contribution is 0.903. The minimum atomic E-state index is -0.0730. The highest BCUT2D eigenvalue weighted by molar-refractivity contribution is 7.99. The van der Waals surface area contributed by atoms with E-state index in [-0.39, 0.29) is 5.56 Å². The minimum Gasteiger partial charge on any atom is -0.301 e. The molecule has 0 saturated heterocycles. The smallest absolute Gasteiger partial charge is 0.255 e. The summed E-state index contributed by atoms with van der Waals surface area (Å²) in [5, 5.41) is 7.42. The summed E-state index contributed by atoms with van der Waals surface area (Å²) < 4.78 is 0. The van der Waals surface area contributed by atoms with Crippen LogP contribution in [0.1, 0.15) is 17.5 Å². The van der Waals surface area contributed by atoms with Gasteiger partial charge in [-0.05, 0) is 25.3 Å². The standard InChI is InChI=1S/C17H18N4OS/c1-12-15(14-7-3-2-4-8-14)20-17(21-16(12)22)23-9-5-6-13-10-18-19-11-13/h2-4,7-8,10-11H,5-6,9H2,1H3,(H,18,19)(H,20,21,22). The van der Waals surface area contributed by atoms with E-state index in [0.717, 1.165) is 29.9 Å². The maximum absolute atomic E-state index is 12.1. The van der Waals surface area contributed by atoms with Gasteiger partial charge in [0.25, 0.3) is 5.56 Å². The van der Waals surface area contributed by atoms with Gasteiger partial charge in [-0.1, -0.05) is 42.1 Å². The van der Waals surface area contributed by atoms with Gasteiger partial charge in [-0.3, -0.25) is 9.89 Å². The van der Waals surface area contributed by atoms with Gasteiger partial charge >= 0.3 is 0 Å². The zero-order valence-electron chi connectivity index (χ0n) is 12.9. The molecule has 5 nitrogen and oxygen atoms in total. The fraction of sp³-hybridized carbons (Fsp3) is 0.235. The molecule has 0 aliphatic heterocycles. The van der Waals surface area contributed by atoms with Crippen molar-refractivity contribution < 1.29 is 0 Å². The molecule has 3 rings (SSSR count). The summed E-state index contributed by atoms with van der Waals surface area (Å²) in [6.45, 7) is 1.81. The average molecular weight is 326 g/mol. The van der Waals surface area contributed by atoms with Crippen LogP contribution in [0.5, 0.6) is 0 Å². The van der Waals surface area contributed by atoms with Crippen LogP contribution >= 0.6 is 11.8 Å². The third kappa shape index (κ3) is 3.90. The Morgan fingerprint density at radius 2 is 2.04 bits per heavy atom. The maximum atomic E-state index is 12.1. The van der Waals surface area contributed by atoms with E-state index >= 15 is 0 Å². The molecule has 0 unspecified atom stereocenters. The van der Waals surface area contributed by atoms with Crippen LogP contribution in [0.4, 0.5) is 0 Å². The number of nitrogens with zero attached hydrogens (tertiary/aromatic N) is 2. The van der Waals surface area contributed by atoms with Gasteiger partial charge in [0, 0.05) is 23.1 Å². The van der Waals surface area contributed by atoms with Gasteiger partial charge in [-0.25, -0.2) is 4.98 Å². The van der Waals surface area contributed by atoms with Crippen molar-refractivity contribution in [2.45, 2.75) is 24.9 Å². The summed E-state index contributed by atoms with van der Waals surface area (Å²) in [5.41, 5.74) is 3.50. The van der Waals surface area contributed by atoms with E-state index in [1.165, 1.54) is 5.56 Å². The first-order valence-corrected chi connectivity index (χ1v) is 8.49. The van der Waals surface area contributed by atoms with E-state index in [1.54, 1.807) is 11.8 Å². The highest BCUT2D eigenvalue weighted by Crippen LogP contribution is 2.22. The second-order valence-corrected chi connectivity index (χ2v) is 6.35. The zero-order valence-corrected chi connectivity index (χ0v) is 13.7. The first-order chi connectivity index (χ1) is 11.2. The van der Waals surface area contributed by atoms with Crippen LogP contribution in [0.3, 0.4) is 0 Å². The number of aromatic amines is 2. The Balaban J connectivity index is 1.70. The van der Waals surface area contributed by atoms with Gasteiger partial charge < -0.3 is 4.98 Å². The molecular formula is C17H18N4OS. The number of nitrogens with one attached hydrogen (secondary N) is 2. The molecule has 0 amide bonds. The van der Waals surface area contributed by atoms with Crippen LogP contribution in [0, 0.1) is 6.92 Å². The van der Waals surface area contributed by atoms with Crippen molar-refractivity contribution in [3.63, 3.8) is 0 Å². The van der Waals surface area contributed by atoms with E-state index in [2.05, 4.69) is 20.2 Å². The number of aromatic nitrogens is 4. The average Bonchev–Trinajstić information content (AvgIpc) is 3.09. The van der Waals surface area contributed by atoms with Crippen molar-refractivity contribution in [3.8, 4) is 11.3 Å². The molecular weight excluding hydrogens is 308 g/mol. The van der Waals surface area contributed by atoms with Crippen LogP contribution in [0.15, 0.2) is 52.7 Å². The Bertz CT molecular complexity index is 812. The van der Waals surface area contributed by atoms with Crippen molar-refractivity contribution in [3.05, 3.63) is 64.2 Å². The molecule has 1 aromatic carbocycles. The third-order valence-electron chi connectivity index (χ3n) is 3.58. The predicted octanol–water partition coefficient (Wildman–Crippen LogP) is 3.19. The summed E-state index contributed by atoms with van der Waals surface area (Å²) >= 11 is 1.58. The van der Waals surface area contributed by atoms with E-state index < -0.39 is 0 Å². The molecule has 23 heavy (non-hydrogen) atoms. The molecule has 2 N–H and O–H groups in total. The van der Waals surface area contributed by atoms with Crippen LogP contribution in [-0.2, 0) is 6.42 Å². The normalized spacial score (nSPS) is 10.8. The van der Waals surface area contributed by atoms with Crippen molar-refractivity contribution in [1.29, 1.82) is 0 Å². The molecule has 0 aliphatic rings. The summed E-state index contributed by atoms with van der Waals surface area (Å²) in [7, 11) is 0. The van der Waals surface area contributed by atoms with Crippen LogP contribution in [0.25, 0.3) is 11.3 Å². The summed E-state index contributed by atoms with van der Waals surface area (Å²) in [6, 6.07) is 9.81. The van der Waals surface area contributed by atoms with Crippen LogP contribution in [0.2, 0.25) is 0 Å². The van der Waals surface area contributed by atoms with Crippen molar-refractivity contribution in [2.75, 3.05) is 5.75 Å². The van der Waals surface area contributed by atoms with E-state index in [0.29, 0.717) is 10.7 Å². The monoisotopic (exact) mass is 326 g/mol. The molecule has 0 atom stereocenters. The van der Waals surface area contributed by atoms with Crippen molar-refractivity contribution >= 4 is 11.8 Å². The molecule has 0 fully saturated rings. The fourth-order valence-corrected chi connectivity index (χ4v) is 3.12. The van der Waals surface area contributed by atoms with Crippen LogP contribution in [-0.4, -0.2) is 25.9 Å². The quantitative estimate of drug-likeness (QED) is 0.414. The fourth-order valence-electron chi connectivity index (χ4n) is 2.32. The highest BCUT2D eigenvalue weighted by Gasteiger charge is 2.09. The molecule has 0 aliphatic carbocycles. The molecule has 2 aromatic heterocycles. The molecule has 118 valence electrons. The number of H-pyrrole nitrogens is 2. The summed E-state index contributed by atoms with van der Waals surface area (Å²) in [5.74, 6) is 0.894. The number of benzene rings is 1. The number of rotatable bonds is 6. The Morgan fingerprint density at radius 3 is 2.78 bits per heavy atom. The van der Waals surface area contributed by atoms with E-state index in [1.807, 2.05) is 49.6 Å².